The lowest BCUT2D eigenvalue weighted by Crippen LogP contribution is -2.13. The summed E-state index contributed by atoms with van der Waals surface area (Å²) in [6.45, 7) is 0.367. The molecule has 1 N–H and O–H groups in total. The Kier molecular flexibility index (Phi) is 6.86. The number of aromatic nitrogens is 2. The van der Waals surface area contributed by atoms with E-state index < -0.39 is 14.6 Å². The number of nitrogens with zero attached hydrogens (tertiary/aromatic N) is 4. The fraction of sp³-hybridized carbons (Fsp3) is 0.158. The average Bonchev–Trinajstić information content (AvgIpc) is 3.08. The largest absolute Gasteiger partial charge is 0.490 e. The van der Waals surface area contributed by atoms with Gasteiger partial charge in [0.1, 0.15) is 23.3 Å². The second-order valence-electron chi connectivity index (χ2n) is 6.03. The topological polar surface area (TPSA) is 139 Å². The molecule has 31 heavy (non-hydrogen) atoms. The van der Waals surface area contributed by atoms with E-state index in [4.69, 9.17) is 20.2 Å². The predicted molar refractivity (Wildman–Crippen MR) is 112 cm³/mol. The molecule has 0 aliphatic heterocycles. The first-order chi connectivity index (χ1) is 14.8. The lowest BCUT2D eigenvalue weighted by atomic mass is 10.3. The highest BCUT2D eigenvalue weighted by Crippen LogP contribution is 2.32. The zero-order valence-electron chi connectivity index (χ0n) is 16.1. The maximum atomic E-state index is 12.7. The molecule has 0 spiro atoms. The quantitative estimate of drug-likeness (QED) is 0.310. The molecule has 0 aliphatic carbocycles. The zero-order chi connectivity index (χ0) is 22.4. The van der Waals surface area contributed by atoms with E-state index >= 15 is 0 Å². The van der Waals surface area contributed by atoms with E-state index in [-0.39, 0.29) is 40.9 Å². The molecule has 0 aliphatic rings. The van der Waals surface area contributed by atoms with Gasteiger partial charge in [0.2, 0.25) is 0 Å². The summed E-state index contributed by atoms with van der Waals surface area (Å²) in [4.78, 5) is 12.4. The van der Waals surface area contributed by atoms with Crippen LogP contribution in [0.3, 0.4) is 0 Å². The van der Waals surface area contributed by atoms with Crippen LogP contribution in [-0.2, 0) is 13.8 Å². The highest BCUT2D eigenvalue weighted by Gasteiger charge is 2.19. The molecule has 2 aromatic carbocycles. The maximum Gasteiger partial charge on any atom is 0.300 e. The van der Waals surface area contributed by atoms with Crippen LogP contribution in [-0.4, -0.2) is 38.5 Å². The lowest BCUT2D eigenvalue weighted by Gasteiger charge is -2.09. The van der Waals surface area contributed by atoms with Crippen LogP contribution in [0.5, 0.6) is 5.75 Å². The smallest absolute Gasteiger partial charge is 0.300 e. The molecule has 0 saturated heterocycles. The first-order valence-electron chi connectivity index (χ1n) is 8.78. The van der Waals surface area contributed by atoms with E-state index in [0.29, 0.717) is 5.69 Å². The number of para-hydroxylation sites is 1. The van der Waals surface area contributed by atoms with Gasteiger partial charge in [-0.2, -0.15) is 10.4 Å². The number of nitriles is 1. The molecule has 1 heterocycles. The molecule has 160 valence electrons. The van der Waals surface area contributed by atoms with E-state index in [0.717, 1.165) is 10.7 Å². The van der Waals surface area contributed by atoms with Gasteiger partial charge >= 0.3 is 0 Å². The summed E-state index contributed by atoms with van der Waals surface area (Å²) in [6.07, 6.45) is 0. The van der Waals surface area contributed by atoms with Crippen molar-refractivity contribution in [1.82, 2.24) is 9.78 Å². The number of rotatable bonds is 8. The fourth-order valence-corrected chi connectivity index (χ4v) is 3.56. The molecule has 0 fully saturated rings. The number of hydrogen-bond donors (Lipinski definition) is 1. The number of hydrogen-bond acceptors (Lipinski definition) is 8. The van der Waals surface area contributed by atoms with Crippen molar-refractivity contribution >= 4 is 31.1 Å². The minimum absolute atomic E-state index is 0.0248. The molecule has 0 amide bonds. The zero-order valence-corrected chi connectivity index (χ0v) is 17.7. The van der Waals surface area contributed by atoms with Crippen LogP contribution in [0.4, 0.5) is 11.4 Å². The Morgan fingerprint density at radius 1 is 1.16 bits per heavy atom. The molecule has 10 nitrogen and oxygen atoms in total. The van der Waals surface area contributed by atoms with Crippen LogP contribution in [0.15, 0.2) is 68.4 Å². The summed E-state index contributed by atoms with van der Waals surface area (Å²) in [5.41, 5.74) is -0.298. The lowest BCUT2D eigenvalue weighted by molar-refractivity contribution is 0.144. The van der Waals surface area contributed by atoms with Crippen molar-refractivity contribution in [2.75, 3.05) is 20.3 Å². The highest BCUT2D eigenvalue weighted by molar-refractivity contribution is 8.13. The van der Waals surface area contributed by atoms with Crippen molar-refractivity contribution in [2.24, 2.45) is 10.2 Å². The number of aromatic amines is 1. The van der Waals surface area contributed by atoms with Crippen LogP contribution in [0.25, 0.3) is 5.69 Å². The summed E-state index contributed by atoms with van der Waals surface area (Å²) >= 11 is 0. The van der Waals surface area contributed by atoms with E-state index in [1.54, 1.807) is 30.3 Å². The van der Waals surface area contributed by atoms with Gasteiger partial charge in [0.25, 0.3) is 14.6 Å². The molecule has 0 unspecified atom stereocenters. The van der Waals surface area contributed by atoms with Gasteiger partial charge < -0.3 is 9.47 Å². The number of benzene rings is 2. The van der Waals surface area contributed by atoms with Gasteiger partial charge in [-0.15, -0.1) is 5.11 Å². The van der Waals surface area contributed by atoms with Crippen LogP contribution in [0, 0.1) is 11.3 Å². The molecule has 0 radical (unpaired) electrons. The van der Waals surface area contributed by atoms with Gasteiger partial charge in [0.15, 0.2) is 11.4 Å². The number of ether oxygens (including phenoxy) is 2. The Labute approximate surface area is 181 Å². The third-order valence-corrected chi connectivity index (χ3v) is 5.34. The molecule has 0 atom stereocenters. The molecule has 12 heteroatoms. The Bertz CT molecular complexity index is 1310. The minimum Gasteiger partial charge on any atom is -0.490 e. The Hall–Kier alpha value is -3.46. The van der Waals surface area contributed by atoms with Crippen molar-refractivity contribution in [1.29, 1.82) is 5.26 Å². The number of azo groups is 1. The summed E-state index contributed by atoms with van der Waals surface area (Å²) in [5.74, 6) is 0.0248. The van der Waals surface area contributed by atoms with E-state index in [1.165, 1.54) is 19.2 Å². The fourth-order valence-electron chi connectivity index (χ4n) is 2.57. The summed E-state index contributed by atoms with van der Waals surface area (Å²) in [7, 11) is 2.83. The van der Waals surface area contributed by atoms with E-state index in [1.807, 2.05) is 6.07 Å². The average molecular weight is 462 g/mol. The first-order valence-corrected chi connectivity index (χ1v) is 11.1. The third-order valence-electron chi connectivity index (χ3n) is 3.99. The number of halogens is 1. The van der Waals surface area contributed by atoms with Crippen molar-refractivity contribution in [3.8, 4) is 17.5 Å². The molecule has 3 aromatic rings. The molecule has 3 rings (SSSR count). The Morgan fingerprint density at radius 3 is 2.55 bits per heavy atom. The Morgan fingerprint density at radius 2 is 1.90 bits per heavy atom. The van der Waals surface area contributed by atoms with Crippen molar-refractivity contribution in [3.63, 3.8) is 0 Å². The minimum atomic E-state index is -4.15. The van der Waals surface area contributed by atoms with Gasteiger partial charge in [0.05, 0.1) is 18.0 Å². The van der Waals surface area contributed by atoms with Crippen LogP contribution >= 0.6 is 10.7 Å². The molecule has 1 aromatic heterocycles. The van der Waals surface area contributed by atoms with Crippen LogP contribution < -0.4 is 10.3 Å². The van der Waals surface area contributed by atoms with Gasteiger partial charge in [0, 0.05) is 17.8 Å². The maximum absolute atomic E-state index is 12.7. The third kappa shape index (κ3) is 5.18. The molecule has 0 bridgehead atoms. The molecular formula is C19H16ClN5O5S. The van der Waals surface area contributed by atoms with Gasteiger partial charge in [-0.25, -0.2) is 13.1 Å². The summed E-state index contributed by atoms with van der Waals surface area (Å²) in [6, 6.07) is 14.4. The van der Waals surface area contributed by atoms with Gasteiger partial charge in [-0.3, -0.25) is 9.89 Å². The van der Waals surface area contributed by atoms with Gasteiger partial charge in [-0.1, -0.05) is 18.2 Å². The van der Waals surface area contributed by atoms with Crippen molar-refractivity contribution in [3.05, 3.63) is 64.6 Å². The standard InChI is InChI=1S/C19H16ClN5O5S/c1-29-9-10-30-16-8-7-13(11-17(16)31(20,27)28)22-23-18-15(12-21)24-25(19(18)26)14-5-3-2-4-6-14/h2-8,11,24H,9-10H2,1H3. The van der Waals surface area contributed by atoms with Crippen molar-refractivity contribution < 1.29 is 17.9 Å². The summed E-state index contributed by atoms with van der Waals surface area (Å²) < 4.78 is 35.2. The Balaban J connectivity index is 1.98. The second kappa shape index (κ2) is 9.57. The van der Waals surface area contributed by atoms with E-state index in [2.05, 4.69) is 15.3 Å². The summed E-state index contributed by atoms with van der Waals surface area (Å²) in [5, 5.41) is 19.8. The van der Waals surface area contributed by atoms with Gasteiger partial charge in [-0.05, 0) is 30.3 Å². The molecule has 0 saturated carbocycles. The monoisotopic (exact) mass is 461 g/mol. The molecular weight excluding hydrogens is 446 g/mol. The second-order valence-corrected chi connectivity index (χ2v) is 8.57. The van der Waals surface area contributed by atoms with Crippen LogP contribution in [0.1, 0.15) is 5.69 Å². The predicted octanol–water partition coefficient (Wildman–Crippen LogP) is 3.41. The SMILES string of the molecule is COCCOc1ccc(N=Nc2c(C#N)[nH]n(-c3ccccc3)c2=O)cc1S(=O)(=O)Cl. The normalized spacial score (nSPS) is 11.5. The highest BCUT2D eigenvalue weighted by atomic mass is 35.7. The van der Waals surface area contributed by atoms with E-state index in [9.17, 15) is 18.5 Å². The number of methoxy groups -OCH3 is 1. The van der Waals surface area contributed by atoms with Crippen LogP contribution in [0.2, 0.25) is 0 Å². The van der Waals surface area contributed by atoms with Crippen molar-refractivity contribution in [2.45, 2.75) is 4.90 Å². The number of H-pyrrole nitrogens is 1. The first kappa shape index (κ1) is 22.2. The number of nitrogens with one attached hydrogen (secondary N) is 1.